The Hall–Kier alpha value is -1.25. The number of aromatic nitrogens is 1. The lowest BCUT2D eigenvalue weighted by molar-refractivity contribution is 0.147. The SMILES string of the molecule is CCCC(C)(CC)c1cccc(=O)n1O. The topological polar surface area (TPSA) is 42.2 Å². The molecule has 1 N–H and O–H groups in total. The molecule has 0 amide bonds. The predicted molar refractivity (Wildman–Crippen MR) is 60.4 cm³/mol. The van der Waals surface area contributed by atoms with Gasteiger partial charge in [0.25, 0.3) is 5.56 Å². The monoisotopic (exact) mass is 209 g/mol. The highest BCUT2D eigenvalue weighted by molar-refractivity contribution is 5.16. The molecule has 1 aromatic heterocycles. The first kappa shape index (κ1) is 11.8. The van der Waals surface area contributed by atoms with Gasteiger partial charge in [0.1, 0.15) is 0 Å². The van der Waals surface area contributed by atoms with E-state index in [1.165, 1.54) is 6.07 Å². The second-order valence-corrected chi connectivity index (χ2v) is 4.23. The Morgan fingerprint density at radius 1 is 1.40 bits per heavy atom. The molecule has 1 aromatic rings. The molecule has 0 aliphatic heterocycles. The minimum atomic E-state index is -0.358. The van der Waals surface area contributed by atoms with Gasteiger partial charge in [-0.3, -0.25) is 4.79 Å². The van der Waals surface area contributed by atoms with Gasteiger partial charge in [-0.05, 0) is 18.9 Å². The smallest absolute Gasteiger partial charge is 0.283 e. The van der Waals surface area contributed by atoms with Gasteiger partial charge in [-0.1, -0.05) is 33.3 Å². The molecule has 0 radical (unpaired) electrons. The molecule has 0 saturated heterocycles. The Balaban J connectivity index is 3.23. The Morgan fingerprint density at radius 2 is 2.07 bits per heavy atom. The number of hydrogen-bond donors (Lipinski definition) is 1. The molecule has 0 spiro atoms. The fourth-order valence-corrected chi connectivity index (χ4v) is 1.98. The third-order valence-electron chi connectivity index (χ3n) is 3.13. The second kappa shape index (κ2) is 4.51. The lowest BCUT2D eigenvalue weighted by atomic mass is 9.79. The van der Waals surface area contributed by atoms with Crippen molar-refractivity contribution in [2.24, 2.45) is 0 Å². The average molecular weight is 209 g/mol. The highest BCUT2D eigenvalue weighted by Gasteiger charge is 2.27. The van der Waals surface area contributed by atoms with Gasteiger partial charge in [0.15, 0.2) is 0 Å². The first-order chi connectivity index (χ1) is 7.05. The van der Waals surface area contributed by atoms with E-state index >= 15 is 0 Å². The molecule has 84 valence electrons. The summed E-state index contributed by atoms with van der Waals surface area (Å²) < 4.78 is 0.777. The van der Waals surface area contributed by atoms with E-state index in [1.54, 1.807) is 6.07 Å². The van der Waals surface area contributed by atoms with Crippen molar-refractivity contribution in [3.8, 4) is 0 Å². The van der Waals surface area contributed by atoms with Crippen molar-refractivity contribution in [1.82, 2.24) is 4.73 Å². The highest BCUT2D eigenvalue weighted by Crippen LogP contribution is 2.30. The van der Waals surface area contributed by atoms with Crippen molar-refractivity contribution in [3.05, 3.63) is 34.2 Å². The van der Waals surface area contributed by atoms with Crippen molar-refractivity contribution in [1.29, 1.82) is 0 Å². The van der Waals surface area contributed by atoms with Gasteiger partial charge < -0.3 is 5.21 Å². The molecular weight excluding hydrogens is 190 g/mol. The molecule has 1 rings (SSSR count). The number of hydrogen-bond acceptors (Lipinski definition) is 2. The Kier molecular flexibility index (Phi) is 3.56. The largest absolute Gasteiger partial charge is 0.425 e. The van der Waals surface area contributed by atoms with Crippen molar-refractivity contribution < 1.29 is 5.21 Å². The van der Waals surface area contributed by atoms with E-state index in [2.05, 4.69) is 20.8 Å². The third kappa shape index (κ3) is 2.22. The first-order valence-corrected chi connectivity index (χ1v) is 5.47. The molecule has 3 heteroatoms. The van der Waals surface area contributed by atoms with Gasteiger partial charge in [0.2, 0.25) is 0 Å². The molecule has 15 heavy (non-hydrogen) atoms. The summed E-state index contributed by atoms with van der Waals surface area (Å²) in [4.78, 5) is 11.3. The molecule has 0 aliphatic rings. The molecule has 1 atom stereocenters. The molecule has 1 heterocycles. The van der Waals surface area contributed by atoms with E-state index in [9.17, 15) is 10.0 Å². The summed E-state index contributed by atoms with van der Waals surface area (Å²) in [6.07, 6.45) is 2.91. The fraction of sp³-hybridized carbons (Fsp3) is 0.583. The summed E-state index contributed by atoms with van der Waals surface area (Å²) in [5.74, 6) is 0. The van der Waals surface area contributed by atoms with E-state index in [1.807, 2.05) is 6.07 Å². The number of nitrogens with zero attached hydrogens (tertiary/aromatic N) is 1. The van der Waals surface area contributed by atoms with Crippen LogP contribution in [0.5, 0.6) is 0 Å². The summed E-state index contributed by atoms with van der Waals surface area (Å²) in [7, 11) is 0. The van der Waals surface area contributed by atoms with Crippen molar-refractivity contribution >= 4 is 0 Å². The zero-order chi connectivity index (χ0) is 11.5. The van der Waals surface area contributed by atoms with Crippen LogP contribution < -0.4 is 5.56 Å². The maximum atomic E-state index is 11.3. The van der Waals surface area contributed by atoms with E-state index < -0.39 is 0 Å². The van der Waals surface area contributed by atoms with Crippen LogP contribution >= 0.6 is 0 Å². The molecule has 0 aromatic carbocycles. The van der Waals surface area contributed by atoms with Crippen molar-refractivity contribution in [2.75, 3.05) is 0 Å². The first-order valence-electron chi connectivity index (χ1n) is 5.47. The number of pyridine rings is 1. The zero-order valence-corrected chi connectivity index (χ0v) is 9.66. The molecule has 0 bridgehead atoms. The van der Waals surface area contributed by atoms with Gasteiger partial charge in [-0.25, -0.2) is 0 Å². The predicted octanol–water partition coefficient (Wildman–Crippen LogP) is 2.55. The van der Waals surface area contributed by atoms with Gasteiger partial charge >= 0.3 is 0 Å². The van der Waals surface area contributed by atoms with Gasteiger partial charge in [0, 0.05) is 11.5 Å². The standard InChI is InChI=1S/C12H19NO2/c1-4-9-12(3,5-2)10-7-6-8-11(14)13(10)15/h6-8,15H,4-5,9H2,1-3H3. The van der Waals surface area contributed by atoms with E-state index in [0.717, 1.165) is 24.0 Å². The van der Waals surface area contributed by atoms with Crippen molar-refractivity contribution in [2.45, 2.75) is 45.4 Å². The minimum Gasteiger partial charge on any atom is -0.425 e. The van der Waals surface area contributed by atoms with Gasteiger partial charge in [-0.15, -0.1) is 0 Å². The third-order valence-corrected chi connectivity index (χ3v) is 3.13. The summed E-state index contributed by atoms with van der Waals surface area (Å²) in [6, 6.07) is 4.89. The van der Waals surface area contributed by atoms with Crippen LogP contribution in [-0.4, -0.2) is 9.94 Å². The van der Waals surface area contributed by atoms with Crippen LogP contribution in [0.2, 0.25) is 0 Å². The normalized spacial score (nSPS) is 14.9. The Morgan fingerprint density at radius 3 is 2.60 bits per heavy atom. The minimum absolute atomic E-state index is 0.121. The van der Waals surface area contributed by atoms with Crippen molar-refractivity contribution in [3.63, 3.8) is 0 Å². The van der Waals surface area contributed by atoms with Gasteiger partial charge in [0.05, 0.1) is 5.69 Å². The molecule has 0 fully saturated rings. The Bertz CT molecular complexity index is 383. The van der Waals surface area contributed by atoms with E-state index in [-0.39, 0.29) is 11.0 Å². The van der Waals surface area contributed by atoms with E-state index in [4.69, 9.17) is 0 Å². The summed E-state index contributed by atoms with van der Waals surface area (Å²) in [5.41, 5.74) is 0.229. The fourth-order valence-electron chi connectivity index (χ4n) is 1.98. The summed E-state index contributed by atoms with van der Waals surface area (Å²) in [5, 5.41) is 9.70. The quantitative estimate of drug-likeness (QED) is 0.774. The Labute approximate surface area is 90.3 Å². The number of rotatable bonds is 4. The molecule has 3 nitrogen and oxygen atoms in total. The van der Waals surface area contributed by atoms with Crippen LogP contribution in [0, 0.1) is 0 Å². The lowest BCUT2D eigenvalue weighted by Gasteiger charge is -2.28. The van der Waals surface area contributed by atoms with E-state index in [0.29, 0.717) is 5.69 Å². The summed E-state index contributed by atoms with van der Waals surface area (Å²) in [6.45, 7) is 6.27. The van der Waals surface area contributed by atoms with Crippen LogP contribution in [-0.2, 0) is 5.41 Å². The maximum absolute atomic E-state index is 11.3. The lowest BCUT2D eigenvalue weighted by Crippen LogP contribution is -2.31. The summed E-state index contributed by atoms with van der Waals surface area (Å²) >= 11 is 0. The molecule has 0 saturated carbocycles. The van der Waals surface area contributed by atoms with Crippen LogP contribution in [0.3, 0.4) is 0 Å². The van der Waals surface area contributed by atoms with Crippen LogP contribution in [0.1, 0.15) is 45.7 Å². The molecule has 1 unspecified atom stereocenters. The van der Waals surface area contributed by atoms with Crippen LogP contribution in [0.4, 0.5) is 0 Å². The van der Waals surface area contributed by atoms with Crippen LogP contribution in [0.25, 0.3) is 0 Å². The zero-order valence-electron chi connectivity index (χ0n) is 9.66. The molecular formula is C12H19NO2. The van der Waals surface area contributed by atoms with Gasteiger partial charge in [-0.2, -0.15) is 4.73 Å². The molecule has 0 aliphatic carbocycles. The highest BCUT2D eigenvalue weighted by atomic mass is 16.5. The maximum Gasteiger partial charge on any atom is 0.283 e. The van der Waals surface area contributed by atoms with Crippen LogP contribution in [0.15, 0.2) is 23.0 Å². The second-order valence-electron chi connectivity index (χ2n) is 4.23. The average Bonchev–Trinajstić information content (AvgIpc) is 2.22.